The fraction of sp³-hybridized carbons (Fsp3) is 0.533. The van der Waals surface area contributed by atoms with Crippen LogP contribution in [0, 0.1) is 5.92 Å². The van der Waals surface area contributed by atoms with Crippen molar-refractivity contribution >= 4 is 29.9 Å². The molecule has 1 aliphatic rings. The highest BCUT2D eigenvalue weighted by molar-refractivity contribution is 6.30. The smallest absolute Gasteiger partial charge is 0.227 e. The van der Waals surface area contributed by atoms with Crippen molar-refractivity contribution in [1.82, 2.24) is 4.90 Å². The first kappa shape index (κ1) is 17.3. The lowest BCUT2D eigenvalue weighted by atomic mass is 10.0. The van der Waals surface area contributed by atoms with Crippen molar-refractivity contribution in [1.29, 1.82) is 0 Å². The second-order valence-corrected chi connectivity index (χ2v) is 5.78. The Hall–Kier alpha value is -0.770. The highest BCUT2D eigenvalue weighted by Crippen LogP contribution is 2.35. The molecule has 1 aromatic carbocycles. The maximum Gasteiger partial charge on any atom is 0.227 e. The number of halogens is 2. The van der Waals surface area contributed by atoms with E-state index in [-0.39, 0.29) is 30.3 Å². The van der Waals surface area contributed by atoms with Crippen LogP contribution in [0.2, 0.25) is 5.02 Å². The summed E-state index contributed by atoms with van der Waals surface area (Å²) in [5, 5.41) is 0.718. The molecule has 5 heteroatoms. The second kappa shape index (κ2) is 7.30. The van der Waals surface area contributed by atoms with Crippen molar-refractivity contribution in [2.24, 2.45) is 11.7 Å². The topological polar surface area (TPSA) is 46.3 Å². The van der Waals surface area contributed by atoms with Crippen molar-refractivity contribution in [2.75, 3.05) is 6.54 Å². The largest absolute Gasteiger partial charge is 0.333 e. The minimum atomic E-state index is -0.115. The standard InChI is InChI=1S/C15H21ClN2O.ClH/c1-10(9-17)15(19)18(14-7-8-14)11(2)12-3-5-13(16)6-4-12;/h3-6,10-11,14H,7-9,17H2,1-2H3;1H. The SMILES string of the molecule is CC(CN)C(=O)N(C1CC1)C(C)c1ccc(Cl)cc1.Cl. The number of hydrogen-bond donors (Lipinski definition) is 1. The molecule has 1 aromatic rings. The zero-order chi connectivity index (χ0) is 14.0. The predicted molar refractivity (Wildman–Crippen MR) is 85.2 cm³/mol. The van der Waals surface area contributed by atoms with E-state index < -0.39 is 0 Å². The number of rotatable bonds is 5. The molecule has 0 saturated heterocycles. The van der Waals surface area contributed by atoms with E-state index in [0.29, 0.717) is 12.6 Å². The van der Waals surface area contributed by atoms with Crippen LogP contribution < -0.4 is 5.73 Å². The van der Waals surface area contributed by atoms with Crippen molar-refractivity contribution in [3.8, 4) is 0 Å². The van der Waals surface area contributed by atoms with Gasteiger partial charge in [0.15, 0.2) is 0 Å². The van der Waals surface area contributed by atoms with E-state index in [9.17, 15) is 4.79 Å². The third kappa shape index (κ3) is 3.87. The van der Waals surface area contributed by atoms with Gasteiger partial charge in [0.2, 0.25) is 5.91 Å². The lowest BCUT2D eigenvalue weighted by Gasteiger charge is -2.32. The van der Waals surface area contributed by atoms with E-state index in [1.807, 2.05) is 36.1 Å². The normalized spacial score (nSPS) is 17.0. The van der Waals surface area contributed by atoms with E-state index in [1.54, 1.807) is 0 Å². The number of carbonyl (C=O) groups is 1. The van der Waals surface area contributed by atoms with Crippen LogP contribution in [0.5, 0.6) is 0 Å². The minimum Gasteiger partial charge on any atom is -0.333 e. The zero-order valence-electron chi connectivity index (χ0n) is 11.9. The van der Waals surface area contributed by atoms with Gasteiger partial charge in [-0.15, -0.1) is 12.4 Å². The fourth-order valence-corrected chi connectivity index (χ4v) is 2.42. The molecular weight excluding hydrogens is 295 g/mol. The van der Waals surface area contributed by atoms with Crippen LogP contribution in [-0.2, 0) is 4.79 Å². The molecule has 0 aromatic heterocycles. The molecule has 20 heavy (non-hydrogen) atoms. The van der Waals surface area contributed by atoms with Crippen molar-refractivity contribution in [2.45, 2.75) is 38.8 Å². The number of carbonyl (C=O) groups excluding carboxylic acids is 1. The molecule has 2 rings (SSSR count). The molecule has 1 amide bonds. The molecule has 3 nitrogen and oxygen atoms in total. The fourth-order valence-electron chi connectivity index (χ4n) is 2.30. The van der Waals surface area contributed by atoms with Crippen molar-refractivity contribution in [3.63, 3.8) is 0 Å². The molecule has 1 fully saturated rings. The minimum absolute atomic E-state index is 0. The average Bonchev–Trinajstić information content (AvgIpc) is 3.23. The molecule has 2 N–H and O–H groups in total. The van der Waals surface area contributed by atoms with Gasteiger partial charge in [0.25, 0.3) is 0 Å². The Balaban J connectivity index is 0.00000200. The highest BCUT2D eigenvalue weighted by atomic mass is 35.5. The van der Waals surface area contributed by atoms with Crippen LogP contribution in [0.4, 0.5) is 0 Å². The summed E-state index contributed by atoms with van der Waals surface area (Å²) in [4.78, 5) is 14.5. The lowest BCUT2D eigenvalue weighted by molar-refractivity contribution is -0.137. The van der Waals surface area contributed by atoms with Gasteiger partial charge in [-0.1, -0.05) is 30.7 Å². The molecule has 1 aliphatic carbocycles. The van der Waals surface area contributed by atoms with E-state index in [1.165, 1.54) is 0 Å². The summed E-state index contributed by atoms with van der Waals surface area (Å²) >= 11 is 5.91. The third-order valence-electron chi connectivity index (χ3n) is 3.74. The number of nitrogens with zero attached hydrogens (tertiary/aromatic N) is 1. The molecule has 2 atom stereocenters. The van der Waals surface area contributed by atoms with Gasteiger partial charge in [-0.25, -0.2) is 0 Å². The molecule has 0 radical (unpaired) electrons. The summed E-state index contributed by atoms with van der Waals surface area (Å²) in [6.45, 7) is 4.37. The summed E-state index contributed by atoms with van der Waals surface area (Å²) < 4.78 is 0. The van der Waals surface area contributed by atoms with Gasteiger partial charge in [-0.2, -0.15) is 0 Å². The Morgan fingerprint density at radius 3 is 2.35 bits per heavy atom. The zero-order valence-corrected chi connectivity index (χ0v) is 13.5. The summed E-state index contributed by atoms with van der Waals surface area (Å²) in [6, 6.07) is 8.18. The summed E-state index contributed by atoms with van der Waals surface area (Å²) in [5.74, 6) is 0.0443. The van der Waals surface area contributed by atoms with Crippen molar-refractivity contribution in [3.05, 3.63) is 34.9 Å². The van der Waals surface area contributed by atoms with E-state index in [4.69, 9.17) is 17.3 Å². The van der Waals surface area contributed by atoms with Gasteiger partial charge >= 0.3 is 0 Å². The molecular formula is C15H22Cl2N2O. The summed E-state index contributed by atoms with van der Waals surface area (Å²) in [5.41, 5.74) is 6.74. The van der Waals surface area contributed by atoms with E-state index in [2.05, 4.69) is 6.92 Å². The molecule has 0 bridgehead atoms. The molecule has 0 aliphatic heterocycles. The van der Waals surface area contributed by atoms with Gasteiger partial charge < -0.3 is 10.6 Å². The summed E-state index contributed by atoms with van der Waals surface area (Å²) in [6.07, 6.45) is 2.20. The first-order chi connectivity index (χ1) is 9.04. The first-order valence-corrected chi connectivity index (χ1v) is 7.20. The van der Waals surface area contributed by atoms with Crippen LogP contribution in [0.25, 0.3) is 0 Å². The van der Waals surface area contributed by atoms with Crippen LogP contribution >= 0.6 is 24.0 Å². The Morgan fingerprint density at radius 1 is 1.35 bits per heavy atom. The lowest BCUT2D eigenvalue weighted by Crippen LogP contribution is -2.41. The third-order valence-corrected chi connectivity index (χ3v) is 3.99. The van der Waals surface area contributed by atoms with Gasteiger partial charge in [0.05, 0.1) is 6.04 Å². The van der Waals surface area contributed by atoms with Crippen LogP contribution in [0.15, 0.2) is 24.3 Å². The van der Waals surface area contributed by atoms with Gasteiger partial charge in [0.1, 0.15) is 0 Å². The van der Waals surface area contributed by atoms with E-state index >= 15 is 0 Å². The highest BCUT2D eigenvalue weighted by Gasteiger charge is 2.37. The number of hydrogen-bond acceptors (Lipinski definition) is 2. The van der Waals surface area contributed by atoms with E-state index in [0.717, 1.165) is 23.4 Å². The Bertz CT molecular complexity index is 446. The molecule has 1 saturated carbocycles. The summed E-state index contributed by atoms with van der Waals surface area (Å²) in [7, 11) is 0. The monoisotopic (exact) mass is 316 g/mol. The van der Waals surface area contributed by atoms with Crippen LogP contribution in [0.3, 0.4) is 0 Å². The van der Waals surface area contributed by atoms with Crippen LogP contribution in [0.1, 0.15) is 38.3 Å². The van der Waals surface area contributed by atoms with Gasteiger partial charge in [-0.05, 0) is 37.5 Å². The van der Waals surface area contributed by atoms with Gasteiger partial charge in [-0.3, -0.25) is 4.79 Å². The second-order valence-electron chi connectivity index (χ2n) is 5.34. The Morgan fingerprint density at radius 2 is 1.90 bits per heavy atom. The maximum atomic E-state index is 12.5. The molecule has 2 unspecified atom stereocenters. The quantitative estimate of drug-likeness (QED) is 0.904. The maximum absolute atomic E-state index is 12.5. The average molecular weight is 317 g/mol. The predicted octanol–water partition coefficient (Wildman–Crippen LogP) is 3.41. The van der Waals surface area contributed by atoms with Gasteiger partial charge in [0, 0.05) is 23.5 Å². The molecule has 0 heterocycles. The Labute approximate surface area is 131 Å². The molecule has 112 valence electrons. The number of benzene rings is 1. The van der Waals surface area contributed by atoms with Crippen LogP contribution in [-0.4, -0.2) is 23.4 Å². The number of nitrogens with two attached hydrogens (primary N) is 1. The first-order valence-electron chi connectivity index (χ1n) is 6.82. The van der Waals surface area contributed by atoms with Crippen molar-refractivity contribution < 1.29 is 4.79 Å². The number of amides is 1. The molecule has 0 spiro atoms. The Kier molecular flexibility index (Phi) is 6.31.